The molecule has 4 rings (SSSR count). The molecular weight excluding hydrogens is 501 g/mol. The second-order valence-corrected chi connectivity index (χ2v) is 10.5. The van der Waals surface area contributed by atoms with Crippen molar-refractivity contribution in [2.24, 2.45) is 5.92 Å². The number of ether oxygens (including phenoxy) is 1. The van der Waals surface area contributed by atoms with Crippen LogP contribution >= 0.6 is 0 Å². The predicted molar refractivity (Wildman–Crippen MR) is 167 cm³/mol. The first-order valence-electron chi connectivity index (χ1n) is 15.0. The van der Waals surface area contributed by atoms with Crippen LogP contribution in [0, 0.1) is 18.7 Å². The van der Waals surface area contributed by atoms with Crippen molar-refractivity contribution in [2.75, 3.05) is 20.2 Å². The lowest BCUT2D eigenvalue weighted by Crippen LogP contribution is -2.15. The van der Waals surface area contributed by atoms with E-state index in [9.17, 15) is 4.39 Å². The summed E-state index contributed by atoms with van der Waals surface area (Å²) in [4.78, 5) is 8.70. The van der Waals surface area contributed by atoms with Gasteiger partial charge < -0.3 is 10.1 Å². The van der Waals surface area contributed by atoms with Crippen molar-refractivity contribution < 1.29 is 9.13 Å². The fourth-order valence-electron chi connectivity index (χ4n) is 4.49. The van der Waals surface area contributed by atoms with Crippen LogP contribution in [0.1, 0.15) is 91.5 Å². The summed E-state index contributed by atoms with van der Waals surface area (Å²) < 4.78 is 20.7. The molecule has 220 valence electrons. The second kappa shape index (κ2) is 18.3. The zero-order valence-electron chi connectivity index (χ0n) is 25.8. The van der Waals surface area contributed by atoms with Crippen LogP contribution in [-0.2, 0) is 0 Å². The predicted octanol–water partition coefficient (Wildman–Crippen LogP) is 8.80. The van der Waals surface area contributed by atoms with Crippen molar-refractivity contribution in [1.82, 2.24) is 24.9 Å². The molecule has 3 heterocycles. The summed E-state index contributed by atoms with van der Waals surface area (Å²) in [5, 5.41) is 8.48. The first-order chi connectivity index (χ1) is 19.4. The third-order valence-corrected chi connectivity index (χ3v) is 6.76. The molecule has 0 bridgehead atoms. The average molecular weight is 552 g/mol. The summed E-state index contributed by atoms with van der Waals surface area (Å²) in [6, 6.07) is 4.91. The number of aromatic nitrogens is 4. The van der Waals surface area contributed by atoms with Crippen molar-refractivity contribution in [3.8, 4) is 16.9 Å². The molecule has 0 aliphatic rings. The van der Waals surface area contributed by atoms with Crippen molar-refractivity contribution in [1.29, 1.82) is 0 Å². The SMILES string of the molecule is CCCCC(C)CCC.CCCCNCCC.COc1cc2c(-c3cnn4cc(C)cnc34)ccnc2cc1F. The maximum absolute atomic E-state index is 13.9. The molecule has 40 heavy (non-hydrogen) atoms. The van der Waals surface area contributed by atoms with Crippen molar-refractivity contribution in [2.45, 2.75) is 92.9 Å². The molecule has 0 fully saturated rings. The lowest BCUT2D eigenvalue weighted by molar-refractivity contribution is 0.387. The normalized spacial score (nSPS) is 11.5. The number of nitrogens with zero attached hydrogens (tertiary/aromatic N) is 4. The Labute approximate surface area is 240 Å². The Kier molecular flexibility index (Phi) is 15.2. The average Bonchev–Trinajstić information content (AvgIpc) is 3.37. The number of unbranched alkanes of at least 4 members (excludes halogenated alkanes) is 2. The molecule has 6 nitrogen and oxygen atoms in total. The molecule has 0 radical (unpaired) electrons. The van der Waals surface area contributed by atoms with E-state index in [0.29, 0.717) is 5.52 Å². The molecule has 1 N–H and O–H groups in total. The molecule has 1 unspecified atom stereocenters. The monoisotopic (exact) mass is 551 g/mol. The first kappa shape index (κ1) is 33.1. The Bertz CT molecular complexity index is 1270. The summed E-state index contributed by atoms with van der Waals surface area (Å²) in [5.74, 6) is 0.722. The number of benzene rings is 1. The smallest absolute Gasteiger partial charge is 0.167 e. The molecule has 0 amide bonds. The lowest BCUT2D eigenvalue weighted by Gasteiger charge is -2.08. The number of hydrogen-bond donors (Lipinski definition) is 1. The van der Waals surface area contributed by atoms with Gasteiger partial charge in [0.1, 0.15) is 0 Å². The number of pyridine rings is 1. The molecule has 0 saturated carbocycles. The van der Waals surface area contributed by atoms with Crippen molar-refractivity contribution in [3.05, 3.63) is 54.4 Å². The minimum absolute atomic E-state index is 0.187. The van der Waals surface area contributed by atoms with E-state index in [-0.39, 0.29) is 5.75 Å². The summed E-state index contributed by atoms with van der Waals surface area (Å²) in [6.07, 6.45) is 18.0. The second-order valence-electron chi connectivity index (χ2n) is 10.5. The van der Waals surface area contributed by atoms with Gasteiger partial charge in [0.05, 0.1) is 18.8 Å². The van der Waals surface area contributed by atoms with Gasteiger partial charge >= 0.3 is 0 Å². The van der Waals surface area contributed by atoms with Crippen molar-refractivity contribution >= 4 is 16.6 Å². The van der Waals surface area contributed by atoms with Crippen LogP contribution in [0.25, 0.3) is 27.7 Å². The highest BCUT2D eigenvalue weighted by molar-refractivity contribution is 5.98. The Morgan fingerprint density at radius 2 is 1.70 bits per heavy atom. The maximum atomic E-state index is 13.9. The highest BCUT2D eigenvalue weighted by atomic mass is 19.1. The molecule has 1 atom stereocenters. The van der Waals surface area contributed by atoms with Gasteiger partial charge in [-0.1, -0.05) is 73.1 Å². The van der Waals surface area contributed by atoms with E-state index in [0.717, 1.165) is 33.6 Å². The number of hydrogen-bond acceptors (Lipinski definition) is 5. The molecular formula is C33H50FN5O. The summed E-state index contributed by atoms with van der Waals surface area (Å²) >= 11 is 0. The van der Waals surface area contributed by atoms with E-state index >= 15 is 0 Å². The molecule has 0 saturated heterocycles. The van der Waals surface area contributed by atoms with Gasteiger partial charge in [0, 0.05) is 35.6 Å². The number of methoxy groups -OCH3 is 1. The Morgan fingerprint density at radius 3 is 2.38 bits per heavy atom. The summed E-state index contributed by atoms with van der Waals surface area (Å²) in [7, 11) is 1.44. The number of halogens is 1. The highest BCUT2D eigenvalue weighted by Gasteiger charge is 2.14. The van der Waals surface area contributed by atoms with E-state index in [2.05, 4.69) is 55.0 Å². The van der Waals surface area contributed by atoms with Crippen LogP contribution in [0.4, 0.5) is 4.39 Å². The van der Waals surface area contributed by atoms with E-state index in [1.165, 1.54) is 77.6 Å². The molecule has 0 aliphatic heterocycles. The van der Waals surface area contributed by atoms with Gasteiger partial charge in [-0.25, -0.2) is 13.9 Å². The maximum Gasteiger partial charge on any atom is 0.167 e. The van der Waals surface area contributed by atoms with Gasteiger partial charge in [-0.15, -0.1) is 0 Å². The van der Waals surface area contributed by atoms with Crippen LogP contribution in [0.15, 0.2) is 43.0 Å². The third kappa shape index (κ3) is 10.2. The Morgan fingerprint density at radius 1 is 0.925 bits per heavy atom. The van der Waals surface area contributed by atoms with Gasteiger partial charge in [0.25, 0.3) is 0 Å². The number of fused-ring (bicyclic) bond motifs is 2. The van der Waals surface area contributed by atoms with Gasteiger partial charge in [-0.3, -0.25) is 4.98 Å². The Hall–Kier alpha value is -3.06. The molecule has 0 spiro atoms. The van der Waals surface area contributed by atoms with E-state index in [4.69, 9.17) is 4.74 Å². The zero-order chi connectivity index (χ0) is 29.3. The van der Waals surface area contributed by atoms with Gasteiger partial charge in [-0.2, -0.15) is 5.10 Å². The number of aryl methyl sites for hydroxylation is 1. The van der Waals surface area contributed by atoms with Crippen molar-refractivity contribution in [3.63, 3.8) is 0 Å². The minimum atomic E-state index is -0.432. The van der Waals surface area contributed by atoms with Gasteiger partial charge in [-0.05, 0) is 62.0 Å². The third-order valence-electron chi connectivity index (χ3n) is 6.76. The van der Waals surface area contributed by atoms with E-state index < -0.39 is 5.82 Å². The molecule has 3 aromatic heterocycles. The van der Waals surface area contributed by atoms with Crippen LogP contribution in [0.3, 0.4) is 0 Å². The molecule has 0 aliphatic carbocycles. The Balaban J connectivity index is 0.000000274. The summed E-state index contributed by atoms with van der Waals surface area (Å²) in [6.45, 7) is 15.6. The van der Waals surface area contributed by atoms with E-state index in [1.54, 1.807) is 29.2 Å². The summed E-state index contributed by atoms with van der Waals surface area (Å²) in [5.41, 5.74) is 4.08. The van der Waals surface area contributed by atoms with E-state index in [1.807, 2.05) is 19.2 Å². The molecule has 1 aromatic carbocycles. The first-order valence-corrected chi connectivity index (χ1v) is 15.0. The van der Waals surface area contributed by atoms with Gasteiger partial charge in [0.15, 0.2) is 17.2 Å². The zero-order valence-corrected chi connectivity index (χ0v) is 25.8. The van der Waals surface area contributed by atoms with Crippen LogP contribution in [0.5, 0.6) is 5.75 Å². The standard InChI is InChI=1S/C17H13FN4O.C9H20.C7H17N/c1-10-7-20-17-13(8-21-22(17)9-10)11-3-4-19-15-6-14(18)16(23-2)5-12(11)15;1-4-6-8-9(3)7-5-2;1-3-5-7-8-6-4-2/h3-9H,1-2H3;9H,4-8H2,1-3H3;8H,3-7H2,1-2H3. The largest absolute Gasteiger partial charge is 0.494 e. The van der Waals surface area contributed by atoms with Gasteiger partial charge in [0.2, 0.25) is 0 Å². The lowest BCUT2D eigenvalue weighted by atomic mass is 10.00. The van der Waals surface area contributed by atoms with Crippen LogP contribution in [0.2, 0.25) is 0 Å². The number of nitrogens with one attached hydrogen (secondary N) is 1. The fourth-order valence-corrected chi connectivity index (χ4v) is 4.49. The topological polar surface area (TPSA) is 64.3 Å². The quantitative estimate of drug-likeness (QED) is 0.178. The molecule has 7 heteroatoms. The molecule has 4 aromatic rings. The minimum Gasteiger partial charge on any atom is -0.494 e. The number of rotatable bonds is 12. The van der Waals surface area contributed by atoms with Crippen LogP contribution in [-0.4, -0.2) is 39.8 Å². The highest BCUT2D eigenvalue weighted by Crippen LogP contribution is 2.33. The fraction of sp³-hybridized carbons (Fsp3) is 0.545. The van der Waals surface area contributed by atoms with Crippen LogP contribution < -0.4 is 10.1 Å².